The first-order valence-corrected chi connectivity index (χ1v) is 6.46. The van der Waals surface area contributed by atoms with Gasteiger partial charge in [0.1, 0.15) is 5.75 Å². The van der Waals surface area contributed by atoms with Gasteiger partial charge in [0.05, 0.1) is 18.5 Å². The number of nitrogens with two attached hydrogens (primary N) is 1. The third-order valence-corrected chi connectivity index (χ3v) is 2.86. The maximum absolute atomic E-state index is 5.80. The van der Waals surface area contributed by atoms with Gasteiger partial charge in [0, 0.05) is 31.8 Å². The van der Waals surface area contributed by atoms with Crippen molar-refractivity contribution in [3.63, 3.8) is 0 Å². The predicted octanol–water partition coefficient (Wildman–Crippen LogP) is 1.25. The maximum atomic E-state index is 5.80. The zero-order valence-corrected chi connectivity index (χ0v) is 11.5. The Hall–Kier alpha value is -1.88. The highest BCUT2D eigenvalue weighted by Crippen LogP contribution is 2.17. The largest absolute Gasteiger partial charge is 0.491 e. The Morgan fingerprint density at radius 3 is 2.84 bits per heavy atom. The van der Waals surface area contributed by atoms with E-state index in [9.17, 15) is 0 Å². The van der Waals surface area contributed by atoms with Gasteiger partial charge in [-0.1, -0.05) is 0 Å². The molecule has 0 spiro atoms. The molecule has 0 unspecified atom stereocenters. The third-order valence-electron chi connectivity index (χ3n) is 2.86. The van der Waals surface area contributed by atoms with Gasteiger partial charge in [-0.3, -0.25) is 9.67 Å². The van der Waals surface area contributed by atoms with Crippen molar-refractivity contribution in [3.05, 3.63) is 41.5 Å². The molecule has 0 fully saturated rings. The van der Waals surface area contributed by atoms with E-state index in [0.29, 0.717) is 13.2 Å². The van der Waals surface area contributed by atoms with E-state index >= 15 is 0 Å². The second-order valence-electron chi connectivity index (χ2n) is 4.56. The maximum Gasteiger partial charge on any atom is 0.140 e. The van der Waals surface area contributed by atoms with E-state index in [0.717, 1.165) is 30.0 Å². The first-order chi connectivity index (χ1) is 9.19. The summed E-state index contributed by atoms with van der Waals surface area (Å²) in [7, 11) is 1.91. The number of hydrogen-bond acceptors (Lipinski definition) is 4. The van der Waals surface area contributed by atoms with Crippen LogP contribution >= 0.6 is 0 Å². The molecule has 2 aromatic heterocycles. The van der Waals surface area contributed by atoms with Crippen molar-refractivity contribution in [1.82, 2.24) is 14.8 Å². The minimum Gasteiger partial charge on any atom is -0.491 e. The van der Waals surface area contributed by atoms with E-state index in [1.807, 2.05) is 38.5 Å². The summed E-state index contributed by atoms with van der Waals surface area (Å²) in [4.78, 5) is 4.47. The molecule has 102 valence electrons. The Labute approximate surface area is 113 Å². The molecule has 2 rings (SSSR count). The number of hydrogen-bond donors (Lipinski definition) is 1. The number of aromatic nitrogens is 3. The third kappa shape index (κ3) is 3.79. The van der Waals surface area contributed by atoms with Crippen LogP contribution in [0.5, 0.6) is 5.75 Å². The van der Waals surface area contributed by atoms with Crippen molar-refractivity contribution < 1.29 is 4.74 Å². The Morgan fingerprint density at radius 2 is 2.16 bits per heavy atom. The summed E-state index contributed by atoms with van der Waals surface area (Å²) >= 11 is 0. The molecule has 0 aliphatic rings. The molecular formula is C14H20N4O. The molecule has 5 heteroatoms. The fraction of sp³-hybridized carbons (Fsp3) is 0.429. The molecule has 0 aromatic carbocycles. The normalized spacial score (nSPS) is 10.7. The van der Waals surface area contributed by atoms with Gasteiger partial charge in [-0.25, -0.2) is 0 Å². The smallest absolute Gasteiger partial charge is 0.140 e. The molecule has 0 saturated carbocycles. The average molecular weight is 260 g/mol. The van der Waals surface area contributed by atoms with Crippen molar-refractivity contribution in [2.24, 2.45) is 12.8 Å². The van der Waals surface area contributed by atoms with Gasteiger partial charge in [-0.2, -0.15) is 5.10 Å². The van der Waals surface area contributed by atoms with Crippen LogP contribution in [-0.2, 0) is 19.9 Å². The molecule has 0 saturated heterocycles. The minimum absolute atomic E-state index is 0.579. The summed E-state index contributed by atoms with van der Waals surface area (Å²) in [6, 6.07) is 3.93. The molecule has 0 radical (unpaired) electrons. The molecule has 0 amide bonds. The molecule has 2 aromatic rings. The van der Waals surface area contributed by atoms with Crippen LogP contribution < -0.4 is 10.5 Å². The lowest BCUT2D eigenvalue weighted by atomic mass is 10.2. The van der Waals surface area contributed by atoms with Gasteiger partial charge in [-0.15, -0.1) is 0 Å². The second-order valence-corrected chi connectivity index (χ2v) is 4.56. The van der Waals surface area contributed by atoms with E-state index in [1.54, 1.807) is 4.68 Å². The van der Waals surface area contributed by atoms with Crippen LogP contribution in [0.15, 0.2) is 24.5 Å². The molecule has 19 heavy (non-hydrogen) atoms. The van der Waals surface area contributed by atoms with Crippen molar-refractivity contribution in [3.8, 4) is 5.75 Å². The highest BCUT2D eigenvalue weighted by molar-refractivity contribution is 5.29. The van der Waals surface area contributed by atoms with Crippen LogP contribution in [-0.4, -0.2) is 27.9 Å². The van der Waals surface area contributed by atoms with Crippen LogP contribution in [0.25, 0.3) is 0 Å². The summed E-state index contributed by atoms with van der Waals surface area (Å²) in [5.41, 5.74) is 8.69. The molecule has 0 bridgehead atoms. The van der Waals surface area contributed by atoms with Gasteiger partial charge < -0.3 is 10.5 Å². The Bertz CT molecular complexity index is 536. The van der Waals surface area contributed by atoms with Gasteiger partial charge in [0.25, 0.3) is 0 Å². The van der Waals surface area contributed by atoms with Crippen LogP contribution in [0.2, 0.25) is 0 Å². The van der Waals surface area contributed by atoms with Gasteiger partial charge >= 0.3 is 0 Å². The minimum atomic E-state index is 0.579. The number of rotatable bonds is 6. The van der Waals surface area contributed by atoms with E-state index in [4.69, 9.17) is 10.5 Å². The number of nitrogens with zero attached hydrogens (tertiary/aromatic N) is 3. The highest BCUT2D eigenvalue weighted by atomic mass is 16.5. The van der Waals surface area contributed by atoms with Crippen LogP contribution in [0.4, 0.5) is 0 Å². The lowest BCUT2D eigenvalue weighted by Crippen LogP contribution is -2.09. The standard InChI is InChI=1S/C14H20N4O/c1-11-3-4-14(13(17-11)5-7-15)19-8-6-12-9-16-18(2)10-12/h3-4,9-10H,5-8,15H2,1-2H3. The summed E-state index contributed by atoms with van der Waals surface area (Å²) in [6.07, 6.45) is 5.43. The van der Waals surface area contributed by atoms with E-state index in [-0.39, 0.29) is 0 Å². The van der Waals surface area contributed by atoms with Crippen molar-refractivity contribution in [1.29, 1.82) is 0 Å². The summed E-state index contributed by atoms with van der Waals surface area (Å²) < 4.78 is 7.60. The molecule has 0 atom stereocenters. The van der Waals surface area contributed by atoms with Crippen molar-refractivity contribution >= 4 is 0 Å². The fourth-order valence-electron chi connectivity index (χ4n) is 1.92. The van der Waals surface area contributed by atoms with Crippen LogP contribution in [0, 0.1) is 6.92 Å². The molecule has 0 aliphatic heterocycles. The lowest BCUT2D eigenvalue weighted by molar-refractivity contribution is 0.316. The number of aryl methyl sites for hydroxylation is 2. The Kier molecular flexibility index (Phi) is 4.52. The van der Waals surface area contributed by atoms with Crippen molar-refractivity contribution in [2.45, 2.75) is 19.8 Å². The van der Waals surface area contributed by atoms with E-state index in [1.165, 1.54) is 5.56 Å². The Morgan fingerprint density at radius 1 is 1.32 bits per heavy atom. The summed E-state index contributed by atoms with van der Waals surface area (Å²) in [6.45, 7) is 3.17. The summed E-state index contributed by atoms with van der Waals surface area (Å²) in [5.74, 6) is 0.833. The zero-order chi connectivity index (χ0) is 13.7. The van der Waals surface area contributed by atoms with Crippen LogP contribution in [0.3, 0.4) is 0 Å². The lowest BCUT2D eigenvalue weighted by Gasteiger charge is -2.10. The molecular weight excluding hydrogens is 240 g/mol. The number of ether oxygens (including phenoxy) is 1. The van der Waals surface area contributed by atoms with Crippen molar-refractivity contribution in [2.75, 3.05) is 13.2 Å². The monoisotopic (exact) mass is 260 g/mol. The van der Waals surface area contributed by atoms with Gasteiger partial charge in [0.2, 0.25) is 0 Å². The SMILES string of the molecule is Cc1ccc(OCCc2cnn(C)c2)c(CCN)n1. The molecule has 0 aliphatic carbocycles. The topological polar surface area (TPSA) is 66.0 Å². The predicted molar refractivity (Wildman–Crippen MR) is 74.1 cm³/mol. The Balaban J connectivity index is 1.95. The van der Waals surface area contributed by atoms with Gasteiger partial charge in [0.15, 0.2) is 0 Å². The number of pyridine rings is 1. The molecule has 5 nitrogen and oxygen atoms in total. The molecule has 2 heterocycles. The second kappa shape index (κ2) is 6.33. The van der Waals surface area contributed by atoms with E-state index in [2.05, 4.69) is 10.1 Å². The molecule has 2 N–H and O–H groups in total. The van der Waals surface area contributed by atoms with Crippen LogP contribution in [0.1, 0.15) is 17.0 Å². The highest BCUT2D eigenvalue weighted by Gasteiger charge is 2.05. The van der Waals surface area contributed by atoms with Gasteiger partial charge in [-0.05, 0) is 31.2 Å². The summed E-state index contributed by atoms with van der Waals surface area (Å²) in [5, 5.41) is 4.13. The first kappa shape index (κ1) is 13.5. The first-order valence-electron chi connectivity index (χ1n) is 6.46. The average Bonchev–Trinajstić information content (AvgIpc) is 2.78. The zero-order valence-electron chi connectivity index (χ0n) is 11.5. The quantitative estimate of drug-likeness (QED) is 0.848. The van der Waals surface area contributed by atoms with E-state index < -0.39 is 0 Å². The fourth-order valence-corrected chi connectivity index (χ4v) is 1.92.